The van der Waals surface area contributed by atoms with Crippen LogP contribution in [0, 0.1) is 0 Å². The first-order valence-corrected chi connectivity index (χ1v) is 6.81. The first kappa shape index (κ1) is 16.9. The number of amides is 1. The molecule has 0 bridgehead atoms. The maximum Gasteiger partial charge on any atom is 0.303 e. The van der Waals surface area contributed by atoms with E-state index < -0.39 is 5.97 Å². The van der Waals surface area contributed by atoms with Gasteiger partial charge < -0.3 is 15.3 Å². The number of nitrogens with one attached hydrogen (secondary N) is 1. The van der Waals surface area contributed by atoms with E-state index >= 15 is 0 Å². The van der Waals surface area contributed by atoms with Crippen LogP contribution in [0.25, 0.3) is 0 Å². The van der Waals surface area contributed by atoms with Gasteiger partial charge in [0.15, 0.2) is 0 Å². The molecule has 0 spiro atoms. The summed E-state index contributed by atoms with van der Waals surface area (Å²) < 4.78 is 0. The number of nitrogens with zero attached hydrogens (tertiary/aromatic N) is 1. The average Bonchev–Trinajstić information content (AvgIpc) is 2.34. The highest BCUT2D eigenvalue weighted by Crippen LogP contribution is 1.98. The number of aliphatic carboxylic acids is 1. The Morgan fingerprint density at radius 1 is 1.06 bits per heavy atom. The first-order valence-electron chi connectivity index (χ1n) is 6.81. The van der Waals surface area contributed by atoms with E-state index in [1.165, 1.54) is 0 Å². The quantitative estimate of drug-likeness (QED) is 0.551. The smallest absolute Gasteiger partial charge is 0.303 e. The molecule has 5 nitrogen and oxygen atoms in total. The van der Waals surface area contributed by atoms with Gasteiger partial charge in [-0.2, -0.15) is 0 Å². The monoisotopic (exact) mass is 258 g/mol. The molecule has 0 fully saturated rings. The first-order chi connectivity index (χ1) is 8.60. The number of rotatable bonds is 11. The maximum atomic E-state index is 11.5. The molecule has 0 aliphatic rings. The summed E-state index contributed by atoms with van der Waals surface area (Å²) in [4.78, 5) is 24.0. The van der Waals surface area contributed by atoms with E-state index in [2.05, 4.69) is 24.1 Å². The van der Waals surface area contributed by atoms with Gasteiger partial charge >= 0.3 is 5.97 Å². The van der Waals surface area contributed by atoms with Crippen molar-refractivity contribution in [3.8, 4) is 0 Å². The van der Waals surface area contributed by atoms with E-state index in [0.717, 1.165) is 32.5 Å². The number of carbonyl (C=O) groups is 2. The van der Waals surface area contributed by atoms with Crippen molar-refractivity contribution in [2.75, 3.05) is 26.2 Å². The normalized spacial score (nSPS) is 10.6. The zero-order valence-corrected chi connectivity index (χ0v) is 11.6. The van der Waals surface area contributed by atoms with Gasteiger partial charge in [0.25, 0.3) is 0 Å². The summed E-state index contributed by atoms with van der Waals surface area (Å²) in [5, 5.41) is 11.3. The van der Waals surface area contributed by atoms with Crippen LogP contribution in [-0.2, 0) is 9.59 Å². The molecule has 106 valence electrons. The van der Waals surface area contributed by atoms with Gasteiger partial charge in [-0.05, 0) is 25.9 Å². The molecule has 0 aromatic heterocycles. The highest BCUT2D eigenvalue weighted by atomic mass is 16.4. The van der Waals surface area contributed by atoms with Gasteiger partial charge in [-0.15, -0.1) is 0 Å². The summed E-state index contributed by atoms with van der Waals surface area (Å²) in [5.41, 5.74) is 0. The lowest BCUT2D eigenvalue weighted by Gasteiger charge is -2.17. The minimum absolute atomic E-state index is 0.0835. The second-order valence-electron chi connectivity index (χ2n) is 4.33. The van der Waals surface area contributed by atoms with Gasteiger partial charge in [0, 0.05) is 25.9 Å². The van der Waals surface area contributed by atoms with Crippen LogP contribution < -0.4 is 5.32 Å². The lowest BCUT2D eigenvalue weighted by atomic mass is 10.2. The fourth-order valence-corrected chi connectivity index (χ4v) is 1.69. The number of carbonyl (C=O) groups excluding carboxylic acids is 1. The van der Waals surface area contributed by atoms with E-state index in [9.17, 15) is 9.59 Å². The highest BCUT2D eigenvalue weighted by molar-refractivity contribution is 5.76. The molecule has 0 aromatic rings. The van der Waals surface area contributed by atoms with Crippen molar-refractivity contribution in [3.05, 3.63) is 0 Å². The third-order valence-electron chi connectivity index (χ3n) is 2.94. The largest absolute Gasteiger partial charge is 0.481 e. The molecule has 0 radical (unpaired) electrons. The lowest BCUT2D eigenvalue weighted by molar-refractivity contribution is -0.137. The van der Waals surface area contributed by atoms with Crippen molar-refractivity contribution < 1.29 is 14.7 Å². The summed E-state index contributed by atoms with van der Waals surface area (Å²) in [6.45, 7) is 7.57. The molecule has 5 heteroatoms. The zero-order valence-electron chi connectivity index (χ0n) is 11.6. The Labute approximate surface area is 110 Å². The maximum absolute atomic E-state index is 11.5. The van der Waals surface area contributed by atoms with Gasteiger partial charge in [-0.1, -0.05) is 20.3 Å². The third-order valence-corrected chi connectivity index (χ3v) is 2.94. The third kappa shape index (κ3) is 10.1. The van der Waals surface area contributed by atoms with Gasteiger partial charge in [0.05, 0.1) is 0 Å². The van der Waals surface area contributed by atoms with E-state index in [1.54, 1.807) is 0 Å². The Hall–Kier alpha value is -1.10. The average molecular weight is 258 g/mol. The molecule has 0 heterocycles. The van der Waals surface area contributed by atoms with E-state index in [4.69, 9.17) is 5.11 Å². The Bertz CT molecular complexity index is 240. The van der Waals surface area contributed by atoms with Crippen LogP contribution >= 0.6 is 0 Å². The van der Waals surface area contributed by atoms with Crippen LogP contribution in [0.2, 0.25) is 0 Å². The molecule has 0 aliphatic heterocycles. The molecular weight excluding hydrogens is 232 g/mol. The number of carboxylic acid groups (broad SMARTS) is 1. The predicted molar refractivity (Wildman–Crippen MR) is 71.5 cm³/mol. The van der Waals surface area contributed by atoms with E-state index in [0.29, 0.717) is 19.4 Å². The molecular formula is C13H26N2O3. The van der Waals surface area contributed by atoms with Crippen LogP contribution in [-0.4, -0.2) is 48.1 Å². The van der Waals surface area contributed by atoms with Crippen LogP contribution in [0.5, 0.6) is 0 Å². The fourth-order valence-electron chi connectivity index (χ4n) is 1.69. The minimum Gasteiger partial charge on any atom is -0.481 e. The zero-order chi connectivity index (χ0) is 13.8. The SMILES string of the molecule is CCN(CC)CCC(=O)NCCCCCC(=O)O. The van der Waals surface area contributed by atoms with Crippen LogP contribution in [0.4, 0.5) is 0 Å². The van der Waals surface area contributed by atoms with Crippen LogP contribution in [0.15, 0.2) is 0 Å². The molecule has 0 rings (SSSR count). The summed E-state index contributed by atoms with van der Waals surface area (Å²) in [6, 6.07) is 0. The topological polar surface area (TPSA) is 69.6 Å². The molecule has 18 heavy (non-hydrogen) atoms. The standard InChI is InChI=1S/C13H26N2O3/c1-3-15(4-2)11-9-12(16)14-10-7-5-6-8-13(17)18/h3-11H2,1-2H3,(H,14,16)(H,17,18). The summed E-state index contributed by atoms with van der Waals surface area (Å²) in [5.74, 6) is -0.668. The van der Waals surface area contributed by atoms with Gasteiger partial charge in [0.2, 0.25) is 5.91 Å². The second kappa shape index (κ2) is 11.0. The van der Waals surface area contributed by atoms with Crippen molar-refractivity contribution in [1.82, 2.24) is 10.2 Å². The predicted octanol–water partition coefficient (Wildman–Crippen LogP) is 1.48. The highest BCUT2D eigenvalue weighted by Gasteiger charge is 2.04. The molecule has 0 atom stereocenters. The Balaban J connectivity index is 3.39. The number of unbranched alkanes of at least 4 members (excludes halogenated alkanes) is 2. The number of hydrogen-bond acceptors (Lipinski definition) is 3. The van der Waals surface area contributed by atoms with Crippen molar-refractivity contribution >= 4 is 11.9 Å². The molecule has 0 saturated heterocycles. The van der Waals surface area contributed by atoms with Crippen molar-refractivity contribution in [2.24, 2.45) is 0 Å². The van der Waals surface area contributed by atoms with Gasteiger partial charge in [0.1, 0.15) is 0 Å². The lowest BCUT2D eigenvalue weighted by Crippen LogP contribution is -2.31. The minimum atomic E-state index is -0.752. The van der Waals surface area contributed by atoms with E-state index in [1.807, 2.05) is 0 Å². The Kier molecular flexibility index (Phi) is 10.3. The molecule has 1 amide bonds. The molecule has 0 unspecified atom stereocenters. The molecule has 2 N–H and O–H groups in total. The Morgan fingerprint density at radius 3 is 2.28 bits per heavy atom. The summed E-state index contributed by atoms with van der Waals surface area (Å²) in [6.07, 6.45) is 3.14. The van der Waals surface area contributed by atoms with Crippen LogP contribution in [0.3, 0.4) is 0 Å². The van der Waals surface area contributed by atoms with Gasteiger partial charge in [-0.3, -0.25) is 9.59 Å². The fraction of sp³-hybridized carbons (Fsp3) is 0.846. The number of hydrogen-bond donors (Lipinski definition) is 2. The van der Waals surface area contributed by atoms with Crippen LogP contribution in [0.1, 0.15) is 46.0 Å². The van der Waals surface area contributed by atoms with E-state index in [-0.39, 0.29) is 12.3 Å². The summed E-state index contributed by atoms with van der Waals surface area (Å²) >= 11 is 0. The second-order valence-corrected chi connectivity index (χ2v) is 4.33. The molecule has 0 saturated carbocycles. The molecule has 0 aliphatic carbocycles. The van der Waals surface area contributed by atoms with Crippen molar-refractivity contribution in [1.29, 1.82) is 0 Å². The number of carboxylic acids is 1. The summed E-state index contributed by atoms with van der Waals surface area (Å²) in [7, 11) is 0. The Morgan fingerprint density at radius 2 is 1.72 bits per heavy atom. The van der Waals surface area contributed by atoms with Gasteiger partial charge in [-0.25, -0.2) is 0 Å². The molecule has 0 aromatic carbocycles. The van der Waals surface area contributed by atoms with Crippen molar-refractivity contribution in [2.45, 2.75) is 46.0 Å². The van der Waals surface area contributed by atoms with Crippen molar-refractivity contribution in [3.63, 3.8) is 0 Å².